The van der Waals surface area contributed by atoms with E-state index in [0.717, 1.165) is 31.4 Å². The number of amides is 1. The van der Waals surface area contributed by atoms with E-state index < -0.39 is 29.2 Å². The standard InChI is InChI=1S/C21H24F3NO3/c22-21(23,24)16-3-1-12(2-4-16)8-17(18(26)27)25-19(28)20-9-13-5-14(10-20)7-15(6-13)11-20/h1-4,13-15,17H,5-11H2,(H,25,28)(H,26,27)/t13?,14?,15?,17-,20?/m0/s1. The minimum atomic E-state index is -4.43. The van der Waals surface area contributed by atoms with Crippen molar-refractivity contribution in [2.45, 2.75) is 57.2 Å². The van der Waals surface area contributed by atoms with E-state index in [-0.39, 0.29) is 12.3 Å². The smallest absolute Gasteiger partial charge is 0.416 e. The second-order valence-corrected chi connectivity index (χ2v) is 8.96. The maximum atomic E-state index is 13.1. The molecule has 0 heterocycles. The number of hydrogen-bond acceptors (Lipinski definition) is 2. The Labute approximate surface area is 161 Å². The van der Waals surface area contributed by atoms with Crippen LogP contribution in [0.1, 0.15) is 49.7 Å². The van der Waals surface area contributed by atoms with Crippen molar-refractivity contribution < 1.29 is 27.9 Å². The lowest BCUT2D eigenvalue weighted by molar-refractivity contribution is -0.151. The number of aliphatic carboxylic acids is 1. The summed E-state index contributed by atoms with van der Waals surface area (Å²) in [6.07, 6.45) is 1.57. The molecule has 152 valence electrons. The summed E-state index contributed by atoms with van der Waals surface area (Å²) in [6.45, 7) is 0. The molecule has 1 atom stereocenters. The Morgan fingerprint density at radius 2 is 1.54 bits per heavy atom. The van der Waals surface area contributed by atoms with Crippen LogP contribution in [0.2, 0.25) is 0 Å². The molecule has 7 heteroatoms. The summed E-state index contributed by atoms with van der Waals surface area (Å²) in [4.78, 5) is 24.8. The number of carboxylic acid groups (broad SMARTS) is 1. The molecule has 1 aromatic rings. The summed E-state index contributed by atoms with van der Waals surface area (Å²) in [5, 5.41) is 12.3. The quantitative estimate of drug-likeness (QED) is 0.791. The molecular formula is C21H24F3NO3. The third-order valence-corrected chi connectivity index (χ3v) is 6.84. The number of benzene rings is 1. The first-order valence-electron chi connectivity index (χ1n) is 9.84. The molecule has 1 aromatic carbocycles. The van der Waals surface area contributed by atoms with Gasteiger partial charge in [-0.3, -0.25) is 4.79 Å². The maximum Gasteiger partial charge on any atom is 0.416 e. The van der Waals surface area contributed by atoms with Gasteiger partial charge in [-0.2, -0.15) is 13.2 Å². The molecule has 2 N–H and O–H groups in total. The fraction of sp³-hybridized carbons (Fsp3) is 0.619. The molecule has 4 bridgehead atoms. The lowest BCUT2D eigenvalue weighted by Crippen LogP contribution is -2.56. The largest absolute Gasteiger partial charge is 0.480 e. The SMILES string of the molecule is O=C(O)[C@H](Cc1ccc(C(F)(F)F)cc1)NC(=O)C12CC3CC(CC(C3)C1)C2. The van der Waals surface area contributed by atoms with Crippen LogP contribution in [0.3, 0.4) is 0 Å². The van der Waals surface area contributed by atoms with Gasteiger partial charge in [0.2, 0.25) is 5.91 Å². The van der Waals surface area contributed by atoms with Gasteiger partial charge in [0, 0.05) is 11.8 Å². The van der Waals surface area contributed by atoms with Gasteiger partial charge >= 0.3 is 12.1 Å². The van der Waals surface area contributed by atoms with Gasteiger partial charge in [-0.25, -0.2) is 4.79 Å². The molecule has 0 spiro atoms. The van der Waals surface area contributed by atoms with Crippen LogP contribution in [-0.2, 0) is 22.2 Å². The Kier molecular flexibility index (Phi) is 4.67. The molecule has 5 rings (SSSR count). The number of rotatable bonds is 5. The van der Waals surface area contributed by atoms with Crippen LogP contribution in [0.5, 0.6) is 0 Å². The number of halogens is 3. The zero-order chi connectivity index (χ0) is 20.1. The Morgan fingerprint density at radius 3 is 1.96 bits per heavy atom. The highest BCUT2D eigenvalue weighted by atomic mass is 19.4. The number of alkyl halides is 3. The molecular weight excluding hydrogens is 371 g/mol. The first kappa shape index (κ1) is 19.3. The van der Waals surface area contributed by atoms with Crippen molar-refractivity contribution >= 4 is 11.9 Å². The number of hydrogen-bond donors (Lipinski definition) is 2. The van der Waals surface area contributed by atoms with Crippen molar-refractivity contribution in [3.63, 3.8) is 0 Å². The maximum absolute atomic E-state index is 13.1. The van der Waals surface area contributed by atoms with Crippen LogP contribution >= 0.6 is 0 Å². The van der Waals surface area contributed by atoms with Gasteiger partial charge < -0.3 is 10.4 Å². The number of carboxylic acids is 1. The van der Waals surface area contributed by atoms with Gasteiger partial charge in [0.05, 0.1) is 5.56 Å². The van der Waals surface area contributed by atoms with Gasteiger partial charge in [-0.15, -0.1) is 0 Å². The van der Waals surface area contributed by atoms with E-state index in [0.29, 0.717) is 23.3 Å². The molecule has 28 heavy (non-hydrogen) atoms. The van der Waals surface area contributed by atoms with Crippen LogP contribution in [-0.4, -0.2) is 23.0 Å². The van der Waals surface area contributed by atoms with Crippen molar-refractivity contribution in [1.82, 2.24) is 5.32 Å². The van der Waals surface area contributed by atoms with Crippen molar-refractivity contribution in [2.24, 2.45) is 23.2 Å². The zero-order valence-corrected chi connectivity index (χ0v) is 15.5. The topological polar surface area (TPSA) is 66.4 Å². The summed E-state index contributed by atoms with van der Waals surface area (Å²) < 4.78 is 38.1. The van der Waals surface area contributed by atoms with Crippen LogP contribution in [0.4, 0.5) is 13.2 Å². The fourth-order valence-electron chi connectivity index (χ4n) is 5.97. The molecule has 1 amide bonds. The second-order valence-electron chi connectivity index (χ2n) is 8.96. The Hall–Kier alpha value is -2.05. The number of carbonyl (C=O) groups is 2. The van der Waals surface area contributed by atoms with Gasteiger partial charge in [-0.1, -0.05) is 12.1 Å². The Balaban J connectivity index is 1.45. The van der Waals surface area contributed by atoms with Gasteiger partial charge in [0.1, 0.15) is 6.04 Å². The van der Waals surface area contributed by atoms with E-state index in [4.69, 9.17) is 0 Å². The number of nitrogens with one attached hydrogen (secondary N) is 1. The van der Waals surface area contributed by atoms with Crippen LogP contribution in [0.15, 0.2) is 24.3 Å². The van der Waals surface area contributed by atoms with Crippen molar-refractivity contribution in [2.75, 3.05) is 0 Å². The monoisotopic (exact) mass is 395 g/mol. The minimum Gasteiger partial charge on any atom is -0.480 e. The predicted octanol–water partition coefficient (Wildman–Crippen LogP) is 4.03. The van der Waals surface area contributed by atoms with Crippen LogP contribution < -0.4 is 5.32 Å². The van der Waals surface area contributed by atoms with E-state index in [1.807, 2.05) is 0 Å². The zero-order valence-electron chi connectivity index (χ0n) is 15.5. The average molecular weight is 395 g/mol. The molecule has 4 saturated carbocycles. The Morgan fingerprint density at radius 1 is 1.04 bits per heavy atom. The van der Waals surface area contributed by atoms with Crippen molar-refractivity contribution in [3.05, 3.63) is 35.4 Å². The van der Waals surface area contributed by atoms with E-state index in [2.05, 4.69) is 5.32 Å². The average Bonchev–Trinajstić information content (AvgIpc) is 2.59. The van der Waals surface area contributed by atoms with Crippen molar-refractivity contribution in [3.8, 4) is 0 Å². The number of carbonyl (C=O) groups excluding carboxylic acids is 1. The molecule has 4 fully saturated rings. The van der Waals surface area contributed by atoms with Crippen molar-refractivity contribution in [1.29, 1.82) is 0 Å². The summed E-state index contributed by atoms with van der Waals surface area (Å²) in [5.41, 5.74) is -0.783. The molecule has 0 aliphatic heterocycles. The molecule has 0 radical (unpaired) electrons. The van der Waals surface area contributed by atoms with E-state index in [9.17, 15) is 27.9 Å². The lowest BCUT2D eigenvalue weighted by Gasteiger charge is -2.55. The summed E-state index contributed by atoms with van der Waals surface area (Å²) >= 11 is 0. The van der Waals surface area contributed by atoms with Gasteiger partial charge in [0.15, 0.2) is 0 Å². The minimum absolute atomic E-state index is 0.0361. The normalized spacial score (nSPS) is 32.2. The fourth-order valence-corrected chi connectivity index (χ4v) is 5.97. The highest BCUT2D eigenvalue weighted by molar-refractivity contribution is 5.88. The first-order valence-corrected chi connectivity index (χ1v) is 9.84. The first-order chi connectivity index (χ1) is 13.1. The van der Waals surface area contributed by atoms with E-state index in [1.165, 1.54) is 31.4 Å². The summed E-state index contributed by atoms with van der Waals surface area (Å²) in [5.74, 6) is 0.337. The highest BCUT2D eigenvalue weighted by Crippen LogP contribution is 2.60. The molecule has 4 aliphatic carbocycles. The molecule has 4 aliphatic rings. The third kappa shape index (κ3) is 3.63. The lowest BCUT2D eigenvalue weighted by atomic mass is 9.49. The van der Waals surface area contributed by atoms with Gasteiger partial charge in [0.25, 0.3) is 0 Å². The van der Waals surface area contributed by atoms with Gasteiger partial charge in [-0.05, 0) is 74.0 Å². The second kappa shape index (κ2) is 6.78. The third-order valence-electron chi connectivity index (χ3n) is 6.84. The van der Waals surface area contributed by atoms with E-state index in [1.54, 1.807) is 0 Å². The van der Waals surface area contributed by atoms with Crippen LogP contribution in [0.25, 0.3) is 0 Å². The summed E-state index contributed by atoms with van der Waals surface area (Å²) in [7, 11) is 0. The van der Waals surface area contributed by atoms with Crippen LogP contribution in [0, 0.1) is 23.2 Å². The summed E-state index contributed by atoms with van der Waals surface area (Å²) in [6, 6.07) is 3.28. The van der Waals surface area contributed by atoms with E-state index >= 15 is 0 Å². The highest BCUT2D eigenvalue weighted by Gasteiger charge is 2.54. The molecule has 0 unspecified atom stereocenters. The molecule has 0 saturated heterocycles. The Bertz CT molecular complexity index is 737. The molecule has 0 aromatic heterocycles. The molecule has 4 nitrogen and oxygen atoms in total. The predicted molar refractivity (Wildman–Crippen MR) is 95.3 cm³/mol.